The summed E-state index contributed by atoms with van der Waals surface area (Å²) in [6.45, 7) is 5.70. The monoisotopic (exact) mass is 413 g/mol. The molecule has 0 unspecified atom stereocenters. The Morgan fingerprint density at radius 3 is 1.84 bits per heavy atom. The molecule has 0 fully saturated rings. The van der Waals surface area contributed by atoms with Crippen molar-refractivity contribution in [2.75, 3.05) is 0 Å². The molecule has 0 bridgehead atoms. The maximum Gasteiger partial charge on any atom is 0.339 e. The van der Waals surface area contributed by atoms with E-state index in [0.717, 1.165) is 16.7 Å². The minimum Gasteiger partial charge on any atom is -0.456 e. The highest BCUT2D eigenvalue weighted by molar-refractivity contribution is 6.21. The molecule has 0 aliphatic carbocycles. The molecule has 1 aliphatic rings. The van der Waals surface area contributed by atoms with E-state index in [9.17, 15) is 14.4 Å². The Morgan fingerprint density at radius 1 is 0.774 bits per heavy atom. The van der Waals surface area contributed by atoms with Crippen molar-refractivity contribution in [1.29, 1.82) is 0 Å². The molecule has 0 N–H and O–H groups in total. The summed E-state index contributed by atoms with van der Waals surface area (Å²) in [7, 11) is 0. The first-order chi connectivity index (χ1) is 14.7. The number of hydrogen-bond donors (Lipinski definition) is 0. The summed E-state index contributed by atoms with van der Waals surface area (Å²) in [5.41, 5.74) is 3.24. The van der Waals surface area contributed by atoms with Gasteiger partial charge in [0, 0.05) is 0 Å². The minimum absolute atomic E-state index is 0.195. The number of nitrogens with zero attached hydrogens (tertiary/aromatic N) is 1. The fourth-order valence-electron chi connectivity index (χ4n) is 3.60. The van der Waals surface area contributed by atoms with E-state index in [-0.39, 0.29) is 24.3 Å². The van der Waals surface area contributed by atoms with Gasteiger partial charge in [0.1, 0.15) is 5.60 Å². The maximum absolute atomic E-state index is 12.6. The van der Waals surface area contributed by atoms with Gasteiger partial charge in [-0.15, -0.1) is 0 Å². The van der Waals surface area contributed by atoms with E-state index in [4.69, 9.17) is 4.74 Å². The van der Waals surface area contributed by atoms with Crippen molar-refractivity contribution >= 4 is 17.8 Å². The SMILES string of the molecule is CC(C)(C)OC(=O)c1ccccc1-c1ccc(CN2C(=O)c3ccccc3C2=O)cc1. The van der Waals surface area contributed by atoms with Crippen molar-refractivity contribution in [3.63, 3.8) is 0 Å². The van der Waals surface area contributed by atoms with Gasteiger partial charge in [-0.2, -0.15) is 0 Å². The summed E-state index contributed by atoms with van der Waals surface area (Å²) in [4.78, 5) is 39.1. The summed E-state index contributed by atoms with van der Waals surface area (Å²) < 4.78 is 5.53. The van der Waals surface area contributed by atoms with Crippen molar-refractivity contribution in [2.24, 2.45) is 0 Å². The average Bonchev–Trinajstić information content (AvgIpc) is 2.98. The van der Waals surface area contributed by atoms with Gasteiger partial charge in [-0.3, -0.25) is 14.5 Å². The number of esters is 1. The molecule has 31 heavy (non-hydrogen) atoms. The average molecular weight is 413 g/mol. The lowest BCUT2D eigenvalue weighted by molar-refractivity contribution is 0.00701. The van der Waals surface area contributed by atoms with Crippen molar-refractivity contribution in [3.8, 4) is 11.1 Å². The van der Waals surface area contributed by atoms with Gasteiger partial charge >= 0.3 is 5.97 Å². The molecule has 1 aliphatic heterocycles. The highest BCUT2D eigenvalue weighted by Gasteiger charge is 2.34. The zero-order chi connectivity index (χ0) is 22.2. The van der Waals surface area contributed by atoms with Crippen molar-refractivity contribution in [1.82, 2.24) is 4.90 Å². The van der Waals surface area contributed by atoms with Crippen LogP contribution in [0.2, 0.25) is 0 Å². The van der Waals surface area contributed by atoms with Crippen LogP contribution in [-0.4, -0.2) is 28.3 Å². The lowest BCUT2D eigenvalue weighted by Crippen LogP contribution is -2.29. The molecule has 3 aromatic rings. The molecule has 4 rings (SSSR count). The molecule has 0 aromatic heterocycles. The Balaban J connectivity index is 1.56. The van der Waals surface area contributed by atoms with E-state index >= 15 is 0 Å². The molecule has 156 valence electrons. The van der Waals surface area contributed by atoms with Crippen LogP contribution in [0.4, 0.5) is 0 Å². The van der Waals surface area contributed by atoms with Crippen LogP contribution < -0.4 is 0 Å². The summed E-state index contributed by atoms with van der Waals surface area (Å²) in [5.74, 6) is -0.932. The zero-order valence-corrected chi connectivity index (χ0v) is 17.7. The molecule has 0 saturated carbocycles. The molecule has 0 saturated heterocycles. The minimum atomic E-state index is -0.583. The van der Waals surface area contributed by atoms with Crippen LogP contribution in [0, 0.1) is 0 Å². The van der Waals surface area contributed by atoms with E-state index in [1.807, 2.05) is 57.2 Å². The molecule has 0 atom stereocenters. The van der Waals surface area contributed by atoms with E-state index < -0.39 is 5.60 Å². The van der Waals surface area contributed by atoms with Gasteiger partial charge in [0.25, 0.3) is 11.8 Å². The first-order valence-electron chi connectivity index (χ1n) is 10.1. The van der Waals surface area contributed by atoms with Crippen molar-refractivity contribution in [2.45, 2.75) is 32.9 Å². The van der Waals surface area contributed by atoms with Gasteiger partial charge in [0.05, 0.1) is 23.2 Å². The van der Waals surface area contributed by atoms with E-state index in [1.54, 1.807) is 36.4 Å². The number of imide groups is 1. The smallest absolute Gasteiger partial charge is 0.339 e. The van der Waals surface area contributed by atoms with Gasteiger partial charge in [-0.05, 0) is 55.7 Å². The molecular weight excluding hydrogens is 390 g/mol. The quantitative estimate of drug-likeness (QED) is 0.441. The van der Waals surface area contributed by atoms with Crippen molar-refractivity contribution < 1.29 is 19.1 Å². The number of rotatable bonds is 4. The van der Waals surface area contributed by atoms with Crippen LogP contribution in [0.25, 0.3) is 11.1 Å². The number of ether oxygens (including phenoxy) is 1. The summed E-state index contributed by atoms with van der Waals surface area (Å²) in [6, 6.07) is 21.7. The maximum atomic E-state index is 12.6. The van der Waals surface area contributed by atoms with E-state index in [1.165, 1.54) is 4.90 Å². The Labute approximate surface area is 181 Å². The van der Waals surface area contributed by atoms with Crippen molar-refractivity contribution in [3.05, 3.63) is 95.1 Å². The Bertz CT molecular complexity index is 1140. The van der Waals surface area contributed by atoms with Crippen LogP contribution in [0.1, 0.15) is 57.4 Å². The zero-order valence-electron chi connectivity index (χ0n) is 17.7. The van der Waals surface area contributed by atoms with Gasteiger partial charge < -0.3 is 4.74 Å². The third kappa shape index (κ3) is 4.12. The fourth-order valence-corrected chi connectivity index (χ4v) is 3.60. The molecule has 1 heterocycles. The first kappa shape index (κ1) is 20.5. The van der Waals surface area contributed by atoms with E-state index in [2.05, 4.69) is 0 Å². The number of hydrogen-bond acceptors (Lipinski definition) is 4. The lowest BCUT2D eigenvalue weighted by Gasteiger charge is -2.20. The number of amides is 2. The van der Waals surface area contributed by atoms with Gasteiger partial charge in [-0.1, -0.05) is 54.6 Å². The first-order valence-corrected chi connectivity index (χ1v) is 10.1. The second kappa shape index (κ2) is 7.84. The highest BCUT2D eigenvalue weighted by Crippen LogP contribution is 2.28. The third-order valence-electron chi connectivity index (χ3n) is 5.03. The van der Waals surface area contributed by atoms with Crippen LogP contribution in [-0.2, 0) is 11.3 Å². The van der Waals surface area contributed by atoms with Crippen LogP contribution in [0.15, 0.2) is 72.8 Å². The predicted molar refractivity (Wildman–Crippen MR) is 118 cm³/mol. The molecule has 2 amide bonds. The Morgan fingerprint density at radius 2 is 1.29 bits per heavy atom. The molecule has 3 aromatic carbocycles. The van der Waals surface area contributed by atoms with Gasteiger partial charge in [0.2, 0.25) is 0 Å². The summed E-state index contributed by atoms with van der Waals surface area (Å²) in [6.07, 6.45) is 0. The molecule has 0 radical (unpaired) electrons. The summed E-state index contributed by atoms with van der Waals surface area (Å²) in [5, 5.41) is 0. The standard InChI is InChI=1S/C26H23NO4/c1-26(2,3)31-25(30)22-11-7-4-8-19(22)18-14-12-17(13-15-18)16-27-23(28)20-9-5-6-10-21(20)24(27)29/h4-15H,16H2,1-3H3. The second-order valence-electron chi connectivity index (χ2n) is 8.49. The van der Waals surface area contributed by atoms with Crippen LogP contribution >= 0.6 is 0 Å². The fraction of sp³-hybridized carbons (Fsp3) is 0.192. The Kier molecular flexibility index (Phi) is 5.19. The summed E-state index contributed by atoms with van der Waals surface area (Å²) >= 11 is 0. The number of fused-ring (bicyclic) bond motifs is 1. The molecule has 5 nitrogen and oxygen atoms in total. The number of carbonyl (C=O) groups excluding carboxylic acids is 3. The van der Waals surface area contributed by atoms with Crippen LogP contribution in [0.5, 0.6) is 0 Å². The van der Waals surface area contributed by atoms with Gasteiger partial charge in [-0.25, -0.2) is 4.79 Å². The predicted octanol–water partition coefficient (Wildman–Crippen LogP) is 5.11. The number of benzene rings is 3. The molecule has 5 heteroatoms. The normalized spacial score (nSPS) is 13.3. The third-order valence-corrected chi connectivity index (χ3v) is 5.03. The Hall–Kier alpha value is -3.73. The lowest BCUT2D eigenvalue weighted by atomic mass is 9.98. The number of carbonyl (C=O) groups is 3. The van der Waals surface area contributed by atoms with E-state index in [0.29, 0.717) is 16.7 Å². The largest absolute Gasteiger partial charge is 0.456 e. The highest BCUT2D eigenvalue weighted by atomic mass is 16.6. The second-order valence-corrected chi connectivity index (χ2v) is 8.49. The topological polar surface area (TPSA) is 63.7 Å². The van der Waals surface area contributed by atoms with Gasteiger partial charge in [0.15, 0.2) is 0 Å². The molecular formula is C26H23NO4. The molecule has 0 spiro atoms. The van der Waals surface area contributed by atoms with Crippen LogP contribution in [0.3, 0.4) is 0 Å².